The Bertz CT molecular complexity index is 766. The van der Waals surface area contributed by atoms with Gasteiger partial charge in [0.2, 0.25) is 5.25 Å². The maximum atomic E-state index is 13.5. The van der Waals surface area contributed by atoms with Crippen LogP contribution in [-0.2, 0) is 30.9 Å². The molecule has 3 nitrogen and oxygen atoms in total. The molecule has 118 valence electrons. The molecule has 0 N–H and O–H groups in total. The third kappa shape index (κ3) is 1.53. The molecule has 0 fully saturated rings. The fraction of sp³-hybridized carbons (Fsp3) is 0.316. The number of carbonyl (C=O) groups excluding carboxylic acids is 1. The first-order chi connectivity index (χ1) is 11.0. The van der Waals surface area contributed by atoms with Crippen molar-refractivity contribution >= 4 is 17.1 Å². The first kappa shape index (κ1) is 14.8. The third-order valence-corrected chi connectivity index (χ3v) is 7.89. The standard InChI is InChI=1S/C19H18O3S/c1-18-12-8-4-6-10-14(12)19(2,15-11-7-5-9-13(15)18)23(21)16(18)17(20)22-3/h4-11,16H,1-3H3. The van der Waals surface area contributed by atoms with Gasteiger partial charge in [-0.1, -0.05) is 48.5 Å². The Kier molecular flexibility index (Phi) is 2.97. The van der Waals surface area contributed by atoms with Gasteiger partial charge in [-0.2, -0.15) is 0 Å². The molecule has 0 saturated heterocycles. The van der Waals surface area contributed by atoms with Gasteiger partial charge in [-0.3, -0.25) is 0 Å². The predicted octanol–water partition coefficient (Wildman–Crippen LogP) is 2.87. The fourth-order valence-electron chi connectivity index (χ4n) is 4.37. The van der Waals surface area contributed by atoms with Crippen LogP contribution in [0.1, 0.15) is 36.1 Å². The van der Waals surface area contributed by atoms with Gasteiger partial charge < -0.3 is 9.29 Å². The summed E-state index contributed by atoms with van der Waals surface area (Å²) in [6.45, 7) is 4.00. The van der Waals surface area contributed by atoms with Crippen molar-refractivity contribution in [3.8, 4) is 0 Å². The first-order valence-corrected chi connectivity index (χ1v) is 8.87. The van der Waals surface area contributed by atoms with Crippen LogP contribution in [0.4, 0.5) is 0 Å². The SMILES string of the molecule is COC(=O)C1[S+]([O-])C2(C)c3ccccc3C1(C)c1ccccc12. The van der Waals surface area contributed by atoms with Gasteiger partial charge in [0.05, 0.1) is 12.5 Å². The van der Waals surface area contributed by atoms with Gasteiger partial charge in [-0.05, 0) is 36.2 Å². The molecule has 2 atom stereocenters. The number of rotatable bonds is 1. The third-order valence-electron chi connectivity index (χ3n) is 5.56. The molecule has 2 unspecified atom stereocenters. The molecule has 23 heavy (non-hydrogen) atoms. The first-order valence-electron chi connectivity index (χ1n) is 7.66. The van der Waals surface area contributed by atoms with Crippen LogP contribution in [0.25, 0.3) is 0 Å². The van der Waals surface area contributed by atoms with Crippen molar-refractivity contribution in [1.29, 1.82) is 0 Å². The van der Waals surface area contributed by atoms with Gasteiger partial charge >= 0.3 is 5.97 Å². The lowest BCUT2D eigenvalue weighted by Gasteiger charge is -2.55. The topological polar surface area (TPSA) is 49.4 Å². The van der Waals surface area contributed by atoms with E-state index in [1.54, 1.807) is 0 Å². The van der Waals surface area contributed by atoms with Crippen molar-refractivity contribution in [3.63, 3.8) is 0 Å². The maximum absolute atomic E-state index is 13.5. The zero-order valence-corrected chi connectivity index (χ0v) is 14.1. The molecule has 2 aromatic rings. The van der Waals surface area contributed by atoms with E-state index in [9.17, 15) is 9.35 Å². The van der Waals surface area contributed by atoms with Crippen LogP contribution < -0.4 is 0 Å². The van der Waals surface area contributed by atoms with E-state index in [1.807, 2.05) is 50.2 Å². The number of fused-ring (bicyclic) bond motifs is 1. The molecule has 2 aliphatic heterocycles. The smallest absolute Gasteiger partial charge is 0.360 e. The van der Waals surface area contributed by atoms with E-state index in [2.05, 4.69) is 12.1 Å². The normalized spacial score (nSPS) is 33.7. The van der Waals surface area contributed by atoms with Crippen LogP contribution in [-0.4, -0.2) is 22.9 Å². The molecule has 0 spiro atoms. The highest BCUT2D eigenvalue weighted by molar-refractivity contribution is 7.94. The highest BCUT2D eigenvalue weighted by atomic mass is 32.2. The van der Waals surface area contributed by atoms with Gasteiger partial charge in [0.25, 0.3) is 0 Å². The molecular formula is C19H18O3S. The Balaban J connectivity index is 2.15. The van der Waals surface area contributed by atoms with Crippen molar-refractivity contribution < 1.29 is 14.1 Å². The lowest BCUT2D eigenvalue weighted by Crippen LogP contribution is -2.63. The van der Waals surface area contributed by atoms with Gasteiger partial charge in [-0.25, -0.2) is 4.79 Å². The largest absolute Gasteiger partial charge is 0.615 e. The molecule has 1 aliphatic carbocycles. The second kappa shape index (κ2) is 4.62. The van der Waals surface area contributed by atoms with Crippen molar-refractivity contribution in [2.75, 3.05) is 7.11 Å². The van der Waals surface area contributed by atoms with Crippen LogP contribution in [0.5, 0.6) is 0 Å². The van der Waals surface area contributed by atoms with E-state index in [1.165, 1.54) is 7.11 Å². The minimum Gasteiger partial charge on any atom is -0.615 e. The summed E-state index contributed by atoms with van der Waals surface area (Å²) in [5.74, 6) is -0.402. The van der Waals surface area contributed by atoms with E-state index >= 15 is 0 Å². The summed E-state index contributed by atoms with van der Waals surface area (Å²) in [4.78, 5) is 12.5. The predicted molar refractivity (Wildman–Crippen MR) is 89.7 cm³/mol. The Morgan fingerprint density at radius 2 is 1.43 bits per heavy atom. The van der Waals surface area contributed by atoms with Crippen LogP contribution in [0.3, 0.4) is 0 Å². The minimum atomic E-state index is -1.40. The highest BCUT2D eigenvalue weighted by Gasteiger charge is 2.68. The quantitative estimate of drug-likeness (QED) is 0.598. The van der Waals surface area contributed by atoms with Crippen LogP contribution in [0.15, 0.2) is 48.5 Å². The van der Waals surface area contributed by atoms with Crippen molar-refractivity contribution in [2.45, 2.75) is 29.3 Å². The van der Waals surface area contributed by atoms with Crippen molar-refractivity contribution in [3.05, 3.63) is 70.8 Å². The lowest BCUT2D eigenvalue weighted by atomic mass is 9.62. The molecule has 0 radical (unpaired) electrons. The number of hydrogen-bond acceptors (Lipinski definition) is 3. The molecule has 2 bridgehead atoms. The average molecular weight is 326 g/mol. The summed E-state index contributed by atoms with van der Waals surface area (Å²) in [7, 11) is 1.37. The number of methoxy groups -OCH3 is 1. The number of hydrogen-bond donors (Lipinski definition) is 0. The Morgan fingerprint density at radius 3 is 1.87 bits per heavy atom. The van der Waals surface area contributed by atoms with Crippen molar-refractivity contribution in [1.82, 2.24) is 0 Å². The molecule has 0 amide bonds. The highest BCUT2D eigenvalue weighted by Crippen LogP contribution is 2.61. The van der Waals surface area contributed by atoms with Gasteiger partial charge in [0.15, 0.2) is 4.75 Å². The van der Waals surface area contributed by atoms with E-state index in [-0.39, 0.29) is 0 Å². The van der Waals surface area contributed by atoms with Gasteiger partial charge in [-0.15, -0.1) is 0 Å². The van der Waals surface area contributed by atoms with E-state index in [0.717, 1.165) is 22.3 Å². The summed E-state index contributed by atoms with van der Waals surface area (Å²) in [6.07, 6.45) is 0. The Labute approximate surface area is 138 Å². The second-order valence-corrected chi connectivity index (χ2v) is 8.41. The number of benzene rings is 2. The molecule has 2 aromatic carbocycles. The molecule has 5 rings (SSSR count). The Morgan fingerprint density at radius 1 is 1.00 bits per heavy atom. The summed E-state index contributed by atoms with van der Waals surface area (Å²) in [6, 6.07) is 16.1. The van der Waals surface area contributed by atoms with Crippen LogP contribution in [0.2, 0.25) is 0 Å². The maximum Gasteiger partial charge on any atom is 0.360 e. The number of carbonyl (C=O) groups is 1. The molecule has 4 heteroatoms. The average Bonchev–Trinajstić information content (AvgIpc) is 2.59. The minimum absolute atomic E-state index is 0.402. The fourth-order valence-corrected chi connectivity index (χ4v) is 6.59. The molecule has 2 heterocycles. The van der Waals surface area contributed by atoms with Gasteiger partial charge in [0, 0.05) is 11.1 Å². The lowest BCUT2D eigenvalue weighted by molar-refractivity contribution is -0.141. The van der Waals surface area contributed by atoms with Crippen LogP contribution >= 0.6 is 0 Å². The summed E-state index contributed by atoms with van der Waals surface area (Å²) in [5, 5.41) is -0.692. The van der Waals surface area contributed by atoms with Crippen molar-refractivity contribution in [2.24, 2.45) is 0 Å². The zero-order valence-electron chi connectivity index (χ0n) is 13.3. The molecule has 0 saturated carbocycles. The molecule has 3 aliphatic rings. The summed E-state index contributed by atoms with van der Waals surface area (Å²) in [5.41, 5.74) is 3.63. The number of esters is 1. The van der Waals surface area contributed by atoms with Gasteiger partial charge in [0.1, 0.15) is 0 Å². The second-order valence-electron chi connectivity index (χ2n) is 6.53. The summed E-state index contributed by atoms with van der Waals surface area (Å²) >= 11 is -1.40. The number of ether oxygens (including phenoxy) is 1. The van der Waals surface area contributed by atoms with E-state index in [4.69, 9.17) is 4.74 Å². The monoisotopic (exact) mass is 326 g/mol. The molecule has 0 aromatic heterocycles. The summed E-state index contributed by atoms with van der Waals surface area (Å²) < 4.78 is 17.8. The van der Waals surface area contributed by atoms with E-state index < -0.39 is 32.6 Å². The Hall–Kier alpha value is -1.78. The zero-order chi connectivity index (χ0) is 16.4. The van der Waals surface area contributed by atoms with Crippen LogP contribution in [0, 0.1) is 0 Å². The molecular weight excluding hydrogens is 308 g/mol. The van der Waals surface area contributed by atoms with E-state index in [0.29, 0.717) is 0 Å².